The maximum Gasteiger partial charge on any atom is 0.0529 e. The lowest BCUT2D eigenvalue weighted by Gasteiger charge is -2.33. The molecule has 0 atom stereocenters. The molecule has 0 saturated carbocycles. The molecule has 1 aliphatic rings. The van der Waals surface area contributed by atoms with E-state index in [4.69, 9.17) is 5.73 Å². The van der Waals surface area contributed by atoms with Crippen molar-refractivity contribution in [3.8, 4) is 0 Å². The molecule has 21 heavy (non-hydrogen) atoms. The third-order valence-corrected chi connectivity index (χ3v) is 4.11. The number of piperidine rings is 1. The minimum atomic E-state index is 0.529. The zero-order chi connectivity index (χ0) is 15.1. The quantitative estimate of drug-likeness (QED) is 0.817. The predicted octanol–water partition coefficient (Wildman–Crippen LogP) is 3.01. The molecule has 1 fully saturated rings. The molecule has 1 aliphatic heterocycles. The van der Waals surface area contributed by atoms with E-state index in [9.17, 15) is 0 Å². The molecule has 1 saturated heterocycles. The van der Waals surface area contributed by atoms with Crippen LogP contribution in [0.2, 0.25) is 0 Å². The largest absolute Gasteiger partial charge is 0.397 e. The SMILES string of the molecule is C/C=C(N)\C(=C/C)NC1CCN(Cc2ccccc2)CC1. The van der Waals surface area contributed by atoms with Crippen LogP contribution in [-0.2, 0) is 6.54 Å². The van der Waals surface area contributed by atoms with E-state index >= 15 is 0 Å². The van der Waals surface area contributed by atoms with Crippen molar-refractivity contribution in [3.05, 3.63) is 59.4 Å². The Bertz CT molecular complexity index is 482. The third-order valence-electron chi connectivity index (χ3n) is 4.11. The van der Waals surface area contributed by atoms with Gasteiger partial charge in [0.25, 0.3) is 0 Å². The lowest BCUT2D eigenvalue weighted by Crippen LogP contribution is -2.42. The fraction of sp³-hybridized carbons (Fsp3) is 0.444. The van der Waals surface area contributed by atoms with Crippen molar-refractivity contribution in [2.24, 2.45) is 5.73 Å². The fourth-order valence-corrected chi connectivity index (χ4v) is 2.79. The van der Waals surface area contributed by atoms with Gasteiger partial charge < -0.3 is 11.1 Å². The summed E-state index contributed by atoms with van der Waals surface area (Å²) in [4.78, 5) is 2.53. The van der Waals surface area contributed by atoms with Crippen LogP contribution in [0.3, 0.4) is 0 Å². The molecule has 0 radical (unpaired) electrons. The second-order valence-corrected chi connectivity index (χ2v) is 5.63. The fourth-order valence-electron chi connectivity index (χ4n) is 2.79. The molecule has 0 aliphatic carbocycles. The van der Waals surface area contributed by atoms with Crippen LogP contribution in [0, 0.1) is 0 Å². The third kappa shape index (κ3) is 4.64. The number of nitrogens with one attached hydrogen (secondary N) is 1. The van der Waals surface area contributed by atoms with Crippen LogP contribution < -0.4 is 11.1 Å². The molecule has 1 aromatic rings. The van der Waals surface area contributed by atoms with Crippen molar-refractivity contribution in [2.75, 3.05) is 13.1 Å². The first-order valence-corrected chi connectivity index (χ1v) is 7.84. The van der Waals surface area contributed by atoms with Crippen molar-refractivity contribution in [2.45, 2.75) is 39.3 Å². The van der Waals surface area contributed by atoms with Gasteiger partial charge in [-0.1, -0.05) is 42.5 Å². The molecule has 3 N–H and O–H groups in total. The number of likely N-dealkylation sites (tertiary alicyclic amines) is 1. The first-order valence-electron chi connectivity index (χ1n) is 7.84. The van der Waals surface area contributed by atoms with Gasteiger partial charge in [-0.2, -0.15) is 0 Å². The van der Waals surface area contributed by atoms with Gasteiger partial charge in [0.2, 0.25) is 0 Å². The van der Waals surface area contributed by atoms with E-state index in [0.29, 0.717) is 6.04 Å². The van der Waals surface area contributed by atoms with E-state index < -0.39 is 0 Å². The molecule has 3 heteroatoms. The number of benzene rings is 1. The summed E-state index contributed by atoms with van der Waals surface area (Å²) in [7, 11) is 0. The standard InChI is InChI=1S/C18H27N3/c1-3-17(19)18(4-2)20-16-10-12-21(13-11-16)14-15-8-6-5-7-9-15/h3-9,16,20H,10-14,19H2,1-2H3/b17-3+,18-4+. The second-order valence-electron chi connectivity index (χ2n) is 5.63. The van der Waals surface area contributed by atoms with Gasteiger partial charge in [0.1, 0.15) is 0 Å². The Hall–Kier alpha value is -1.74. The number of allylic oxidation sites excluding steroid dienone is 2. The summed E-state index contributed by atoms with van der Waals surface area (Å²) in [6.07, 6.45) is 6.35. The number of hydrogen-bond acceptors (Lipinski definition) is 3. The average molecular weight is 285 g/mol. The van der Waals surface area contributed by atoms with Gasteiger partial charge in [-0.3, -0.25) is 4.90 Å². The van der Waals surface area contributed by atoms with Gasteiger partial charge in [0.05, 0.1) is 11.4 Å². The van der Waals surface area contributed by atoms with Crippen LogP contribution in [0.4, 0.5) is 0 Å². The summed E-state index contributed by atoms with van der Waals surface area (Å²) in [5, 5.41) is 3.58. The molecule has 0 spiro atoms. The topological polar surface area (TPSA) is 41.3 Å². The van der Waals surface area contributed by atoms with E-state index in [2.05, 4.69) is 46.6 Å². The monoisotopic (exact) mass is 285 g/mol. The van der Waals surface area contributed by atoms with Gasteiger partial charge in [-0.15, -0.1) is 0 Å². The lowest BCUT2D eigenvalue weighted by molar-refractivity contribution is 0.195. The van der Waals surface area contributed by atoms with Gasteiger partial charge in [-0.25, -0.2) is 0 Å². The molecule has 0 bridgehead atoms. The van der Waals surface area contributed by atoms with Gasteiger partial charge >= 0.3 is 0 Å². The van der Waals surface area contributed by atoms with Crippen molar-refractivity contribution < 1.29 is 0 Å². The summed E-state index contributed by atoms with van der Waals surface area (Å²) in [5.41, 5.74) is 9.30. The first kappa shape index (κ1) is 15.6. The van der Waals surface area contributed by atoms with Crippen LogP contribution in [-0.4, -0.2) is 24.0 Å². The van der Waals surface area contributed by atoms with Crippen molar-refractivity contribution >= 4 is 0 Å². The normalized spacial score (nSPS) is 18.8. The van der Waals surface area contributed by atoms with Crippen LogP contribution >= 0.6 is 0 Å². The van der Waals surface area contributed by atoms with Crippen LogP contribution in [0.25, 0.3) is 0 Å². The van der Waals surface area contributed by atoms with Crippen LogP contribution in [0.1, 0.15) is 32.3 Å². The molecule has 3 nitrogen and oxygen atoms in total. The Kier molecular flexibility index (Phi) is 5.88. The van der Waals surface area contributed by atoms with Gasteiger partial charge in [-0.05, 0) is 32.3 Å². The Morgan fingerprint density at radius 2 is 1.86 bits per heavy atom. The summed E-state index contributed by atoms with van der Waals surface area (Å²) in [5.74, 6) is 0. The van der Waals surface area contributed by atoms with Crippen LogP contribution in [0.15, 0.2) is 53.9 Å². The van der Waals surface area contributed by atoms with Crippen LogP contribution in [0.5, 0.6) is 0 Å². The molecule has 1 aromatic carbocycles. The Balaban J connectivity index is 1.81. The predicted molar refractivity (Wildman–Crippen MR) is 89.6 cm³/mol. The molecule has 114 valence electrons. The van der Waals surface area contributed by atoms with E-state index in [0.717, 1.165) is 31.0 Å². The zero-order valence-electron chi connectivity index (χ0n) is 13.2. The smallest absolute Gasteiger partial charge is 0.0529 e. The number of rotatable bonds is 5. The Morgan fingerprint density at radius 3 is 2.43 bits per heavy atom. The highest BCUT2D eigenvalue weighted by atomic mass is 15.1. The number of nitrogens with zero attached hydrogens (tertiary/aromatic N) is 1. The zero-order valence-corrected chi connectivity index (χ0v) is 13.2. The minimum absolute atomic E-state index is 0.529. The summed E-state index contributed by atoms with van der Waals surface area (Å²) in [6, 6.07) is 11.2. The van der Waals surface area contributed by atoms with Gasteiger partial charge in [0.15, 0.2) is 0 Å². The Morgan fingerprint density at radius 1 is 1.19 bits per heavy atom. The Labute approximate surface area is 128 Å². The second kappa shape index (κ2) is 7.89. The number of nitrogens with two attached hydrogens (primary N) is 1. The highest BCUT2D eigenvalue weighted by Crippen LogP contribution is 2.15. The van der Waals surface area contributed by atoms with Crippen molar-refractivity contribution in [3.63, 3.8) is 0 Å². The molecule has 0 amide bonds. The first-order chi connectivity index (χ1) is 10.2. The molecule has 0 unspecified atom stereocenters. The molecular weight excluding hydrogens is 258 g/mol. The van der Waals surface area contributed by atoms with E-state index in [1.807, 2.05) is 19.9 Å². The highest BCUT2D eigenvalue weighted by Gasteiger charge is 2.19. The molecular formula is C18H27N3. The molecule has 1 heterocycles. The van der Waals surface area contributed by atoms with Crippen molar-refractivity contribution in [1.29, 1.82) is 0 Å². The van der Waals surface area contributed by atoms with E-state index in [1.54, 1.807) is 0 Å². The summed E-state index contributed by atoms with van der Waals surface area (Å²) < 4.78 is 0. The molecule has 2 rings (SSSR count). The lowest BCUT2D eigenvalue weighted by atomic mass is 10.0. The summed E-state index contributed by atoms with van der Waals surface area (Å²) in [6.45, 7) is 7.34. The van der Waals surface area contributed by atoms with Crippen molar-refractivity contribution in [1.82, 2.24) is 10.2 Å². The summed E-state index contributed by atoms with van der Waals surface area (Å²) >= 11 is 0. The van der Waals surface area contributed by atoms with E-state index in [-0.39, 0.29) is 0 Å². The maximum absolute atomic E-state index is 5.99. The molecule has 0 aromatic heterocycles. The van der Waals surface area contributed by atoms with E-state index in [1.165, 1.54) is 18.4 Å². The maximum atomic E-state index is 5.99. The average Bonchev–Trinajstić information content (AvgIpc) is 2.54. The highest BCUT2D eigenvalue weighted by molar-refractivity contribution is 5.26. The number of hydrogen-bond donors (Lipinski definition) is 2. The minimum Gasteiger partial charge on any atom is -0.397 e. The van der Waals surface area contributed by atoms with Gasteiger partial charge in [0, 0.05) is 25.7 Å².